The highest BCUT2D eigenvalue weighted by molar-refractivity contribution is 6.03. The van der Waals surface area contributed by atoms with Gasteiger partial charge in [-0.15, -0.1) is 0 Å². The Morgan fingerprint density at radius 3 is 2.07 bits per heavy atom. The molecule has 1 aliphatic heterocycles. The average molecular weight is 541 g/mol. The van der Waals surface area contributed by atoms with Crippen LogP contribution in [0.1, 0.15) is 25.0 Å². The quantitative estimate of drug-likeness (QED) is 0.224. The summed E-state index contributed by atoms with van der Waals surface area (Å²) in [5.74, 6) is 2.56. The fourth-order valence-electron chi connectivity index (χ4n) is 6.29. The molecule has 7 aromatic rings. The van der Waals surface area contributed by atoms with Crippen LogP contribution < -0.4 is 4.74 Å². The maximum atomic E-state index is 6.37. The molecule has 1 aliphatic rings. The third-order valence-electron chi connectivity index (χ3n) is 8.56. The van der Waals surface area contributed by atoms with E-state index in [0.717, 1.165) is 56.2 Å². The number of ether oxygens (including phenoxy) is 1. The van der Waals surface area contributed by atoms with Crippen LogP contribution >= 0.6 is 0 Å². The van der Waals surface area contributed by atoms with E-state index >= 15 is 0 Å². The molecule has 200 valence electrons. The number of benzene rings is 6. The topological polar surface area (TPSA) is 35.0 Å². The van der Waals surface area contributed by atoms with E-state index in [1.165, 1.54) is 21.9 Å². The maximum Gasteiger partial charge on any atom is 0.160 e. The van der Waals surface area contributed by atoms with Gasteiger partial charge >= 0.3 is 0 Å². The molecule has 42 heavy (non-hydrogen) atoms. The Morgan fingerprint density at radius 2 is 1.19 bits per heavy atom. The summed E-state index contributed by atoms with van der Waals surface area (Å²) in [5.41, 5.74) is 8.51. The van der Waals surface area contributed by atoms with Crippen LogP contribution in [0.3, 0.4) is 0 Å². The maximum absolute atomic E-state index is 6.37. The lowest BCUT2D eigenvalue weighted by Crippen LogP contribution is -2.24. The molecule has 0 radical (unpaired) electrons. The summed E-state index contributed by atoms with van der Waals surface area (Å²) < 4.78 is 6.37. The number of para-hydroxylation sites is 2. The SMILES string of the molecule is CC1(C)c2ccccc2Oc2cc(-c3ccc(-c4nc(-c5cccc6ccccc56)c5ccccc5n4)cc3)ccc21. The molecule has 1 aromatic heterocycles. The first-order chi connectivity index (χ1) is 20.6. The summed E-state index contributed by atoms with van der Waals surface area (Å²) >= 11 is 0. The Labute approximate surface area is 245 Å². The molecule has 8 rings (SSSR count). The van der Waals surface area contributed by atoms with E-state index in [1.807, 2.05) is 12.1 Å². The average Bonchev–Trinajstić information content (AvgIpc) is 3.04. The zero-order valence-corrected chi connectivity index (χ0v) is 23.5. The van der Waals surface area contributed by atoms with Gasteiger partial charge in [-0.1, -0.05) is 129 Å². The Kier molecular flexibility index (Phi) is 5.48. The summed E-state index contributed by atoms with van der Waals surface area (Å²) in [6.07, 6.45) is 0. The van der Waals surface area contributed by atoms with E-state index in [4.69, 9.17) is 14.7 Å². The molecule has 0 atom stereocenters. The molecule has 2 heterocycles. The minimum absolute atomic E-state index is 0.123. The van der Waals surface area contributed by atoms with Crippen LogP contribution in [0.15, 0.2) is 133 Å². The van der Waals surface area contributed by atoms with Crippen molar-refractivity contribution in [1.29, 1.82) is 0 Å². The van der Waals surface area contributed by atoms with Crippen LogP contribution in [0.5, 0.6) is 11.5 Å². The second-order valence-corrected chi connectivity index (χ2v) is 11.5. The van der Waals surface area contributed by atoms with Gasteiger partial charge in [0.25, 0.3) is 0 Å². The summed E-state index contributed by atoms with van der Waals surface area (Å²) in [6, 6.07) is 46.5. The molecule has 0 unspecified atom stereocenters. The molecule has 0 amide bonds. The molecule has 0 saturated heterocycles. The van der Waals surface area contributed by atoms with Gasteiger partial charge < -0.3 is 4.74 Å². The molecule has 0 fully saturated rings. The van der Waals surface area contributed by atoms with Crippen LogP contribution in [0.2, 0.25) is 0 Å². The van der Waals surface area contributed by atoms with Crippen molar-refractivity contribution >= 4 is 21.7 Å². The summed E-state index contributed by atoms with van der Waals surface area (Å²) in [6.45, 7) is 4.52. The fourth-order valence-corrected chi connectivity index (χ4v) is 6.29. The highest BCUT2D eigenvalue weighted by Crippen LogP contribution is 2.48. The predicted octanol–water partition coefficient (Wildman–Crippen LogP) is 10.2. The molecule has 0 bridgehead atoms. The minimum atomic E-state index is -0.123. The lowest BCUT2D eigenvalue weighted by atomic mass is 9.75. The van der Waals surface area contributed by atoms with Gasteiger partial charge in [-0.25, -0.2) is 9.97 Å². The van der Waals surface area contributed by atoms with Crippen molar-refractivity contribution in [3.8, 4) is 45.3 Å². The monoisotopic (exact) mass is 540 g/mol. The molecule has 3 heteroatoms. The van der Waals surface area contributed by atoms with Gasteiger partial charge in [-0.2, -0.15) is 0 Å². The smallest absolute Gasteiger partial charge is 0.160 e. The van der Waals surface area contributed by atoms with Gasteiger partial charge in [0.15, 0.2) is 5.82 Å². The number of nitrogens with zero attached hydrogens (tertiary/aromatic N) is 2. The highest BCUT2D eigenvalue weighted by Gasteiger charge is 2.34. The standard InChI is InChI=1S/C39H28N2O/c1-39(2)32-15-6-8-17-35(32)42-36-24-28(22-23-33(36)39)25-18-20-27(21-19-25)38-40-34-16-7-5-13-31(34)37(41-38)30-14-9-11-26-10-3-4-12-29(26)30/h3-24H,1-2H3. The minimum Gasteiger partial charge on any atom is -0.457 e. The van der Waals surface area contributed by atoms with Crippen molar-refractivity contribution in [2.45, 2.75) is 19.3 Å². The number of rotatable bonds is 3. The largest absolute Gasteiger partial charge is 0.457 e. The number of hydrogen-bond donors (Lipinski definition) is 0. The zero-order valence-electron chi connectivity index (χ0n) is 23.5. The third-order valence-corrected chi connectivity index (χ3v) is 8.56. The predicted molar refractivity (Wildman–Crippen MR) is 172 cm³/mol. The van der Waals surface area contributed by atoms with Crippen molar-refractivity contribution in [1.82, 2.24) is 9.97 Å². The third kappa shape index (κ3) is 3.89. The van der Waals surface area contributed by atoms with Crippen molar-refractivity contribution in [3.05, 3.63) is 145 Å². The molecule has 0 aliphatic carbocycles. The van der Waals surface area contributed by atoms with Gasteiger partial charge in [0.05, 0.1) is 11.2 Å². The van der Waals surface area contributed by atoms with E-state index in [-0.39, 0.29) is 5.41 Å². The van der Waals surface area contributed by atoms with Crippen molar-refractivity contribution < 1.29 is 4.74 Å². The van der Waals surface area contributed by atoms with E-state index in [1.54, 1.807) is 0 Å². The van der Waals surface area contributed by atoms with E-state index in [2.05, 4.69) is 135 Å². The lowest BCUT2D eigenvalue weighted by Gasteiger charge is -2.34. The van der Waals surface area contributed by atoms with Gasteiger partial charge in [0.1, 0.15) is 11.5 Å². The second kappa shape index (κ2) is 9.39. The van der Waals surface area contributed by atoms with Gasteiger partial charge in [-0.05, 0) is 40.1 Å². The highest BCUT2D eigenvalue weighted by atomic mass is 16.5. The Bertz CT molecular complexity index is 2140. The van der Waals surface area contributed by atoms with Crippen LogP contribution in [-0.2, 0) is 5.41 Å². The normalized spacial score (nSPS) is 13.4. The first-order valence-corrected chi connectivity index (χ1v) is 14.3. The van der Waals surface area contributed by atoms with Crippen molar-refractivity contribution in [2.75, 3.05) is 0 Å². The summed E-state index contributed by atoms with van der Waals surface area (Å²) in [4.78, 5) is 10.1. The van der Waals surface area contributed by atoms with Crippen molar-refractivity contribution in [2.24, 2.45) is 0 Å². The van der Waals surface area contributed by atoms with E-state index in [9.17, 15) is 0 Å². The van der Waals surface area contributed by atoms with Gasteiger partial charge in [-0.3, -0.25) is 0 Å². The lowest BCUT2D eigenvalue weighted by molar-refractivity contribution is 0.418. The molecule has 0 N–H and O–H groups in total. The van der Waals surface area contributed by atoms with Gasteiger partial charge in [0.2, 0.25) is 0 Å². The fraction of sp³-hybridized carbons (Fsp3) is 0.0769. The number of aromatic nitrogens is 2. The van der Waals surface area contributed by atoms with Crippen LogP contribution in [-0.4, -0.2) is 9.97 Å². The Hall–Kier alpha value is -5.28. The molecule has 0 spiro atoms. The van der Waals surface area contributed by atoms with E-state index in [0.29, 0.717) is 0 Å². The first kappa shape index (κ1) is 24.5. The first-order valence-electron chi connectivity index (χ1n) is 14.3. The molecule has 6 aromatic carbocycles. The zero-order chi connectivity index (χ0) is 28.3. The Balaban J connectivity index is 1.19. The summed E-state index contributed by atoms with van der Waals surface area (Å²) in [5, 5.41) is 3.43. The molecule has 3 nitrogen and oxygen atoms in total. The number of fused-ring (bicyclic) bond motifs is 4. The molecular weight excluding hydrogens is 512 g/mol. The van der Waals surface area contributed by atoms with Crippen molar-refractivity contribution in [3.63, 3.8) is 0 Å². The van der Waals surface area contributed by atoms with E-state index < -0.39 is 0 Å². The van der Waals surface area contributed by atoms with Crippen LogP contribution in [0.4, 0.5) is 0 Å². The molecular formula is C39H28N2O. The molecule has 0 saturated carbocycles. The second-order valence-electron chi connectivity index (χ2n) is 11.5. The Morgan fingerprint density at radius 1 is 0.524 bits per heavy atom. The number of hydrogen-bond acceptors (Lipinski definition) is 3. The van der Waals surface area contributed by atoms with Crippen LogP contribution in [0, 0.1) is 0 Å². The van der Waals surface area contributed by atoms with Gasteiger partial charge in [0, 0.05) is 33.1 Å². The summed E-state index contributed by atoms with van der Waals surface area (Å²) in [7, 11) is 0. The van der Waals surface area contributed by atoms with Crippen LogP contribution in [0.25, 0.3) is 55.4 Å².